The first-order chi connectivity index (χ1) is 23.8. The summed E-state index contributed by atoms with van der Waals surface area (Å²) in [6.45, 7) is 1.94. The molecule has 51 heavy (non-hydrogen) atoms. The summed E-state index contributed by atoms with van der Waals surface area (Å²) in [5, 5.41) is 49.4. The molecule has 0 aromatic rings. The van der Waals surface area contributed by atoms with Crippen molar-refractivity contribution >= 4 is 53.3 Å². The first-order valence-corrected chi connectivity index (χ1v) is 16.1. The van der Waals surface area contributed by atoms with Crippen LogP contribution < -0.4 is 43.8 Å². The summed E-state index contributed by atoms with van der Waals surface area (Å²) < 4.78 is 0. The average Bonchev–Trinajstić information content (AvgIpc) is 3.53. The smallest absolute Gasteiger partial charge is 0.326 e. The van der Waals surface area contributed by atoms with Gasteiger partial charge in [0.2, 0.25) is 41.4 Å². The number of hydrogen-bond acceptors (Lipinski definition) is 13. The lowest BCUT2D eigenvalue weighted by Gasteiger charge is -2.31. The highest BCUT2D eigenvalue weighted by atomic mass is 16.4. The van der Waals surface area contributed by atoms with Gasteiger partial charge in [-0.25, -0.2) is 4.79 Å². The number of carboxylic acids is 2. The average molecular weight is 732 g/mol. The van der Waals surface area contributed by atoms with Crippen molar-refractivity contribution in [2.45, 2.75) is 107 Å². The van der Waals surface area contributed by atoms with E-state index in [1.54, 1.807) is 0 Å². The van der Waals surface area contributed by atoms with Crippen LogP contribution in [0, 0.1) is 0 Å². The number of carbonyl (C=O) groups is 9. The van der Waals surface area contributed by atoms with Crippen molar-refractivity contribution in [3.63, 3.8) is 0 Å². The van der Waals surface area contributed by atoms with E-state index in [2.05, 4.69) is 16.0 Å². The summed E-state index contributed by atoms with van der Waals surface area (Å²) in [5.41, 5.74) is 16.2. The van der Waals surface area contributed by atoms with E-state index in [1.165, 1.54) is 11.8 Å². The minimum absolute atomic E-state index is 0.0956. The molecule has 7 amide bonds. The minimum atomic E-state index is -1.85. The number of carbonyl (C=O) groups excluding carboxylic acids is 7. The Morgan fingerprint density at radius 1 is 0.804 bits per heavy atom. The van der Waals surface area contributed by atoms with E-state index in [1.807, 2.05) is 10.6 Å². The molecule has 0 spiro atoms. The Morgan fingerprint density at radius 2 is 1.43 bits per heavy atom. The third-order valence-electron chi connectivity index (χ3n) is 7.76. The second-order valence-electron chi connectivity index (χ2n) is 12.0. The highest BCUT2D eigenvalue weighted by molar-refractivity contribution is 5.98. The van der Waals surface area contributed by atoms with Crippen molar-refractivity contribution < 1.29 is 63.6 Å². The minimum Gasteiger partial charge on any atom is -0.481 e. The number of nitrogens with one attached hydrogen (secondary N) is 5. The molecule has 288 valence electrons. The number of primary amides is 1. The number of likely N-dealkylation sites (tertiary alicyclic amines) is 1. The maximum Gasteiger partial charge on any atom is 0.326 e. The Kier molecular flexibility index (Phi) is 18.4. The van der Waals surface area contributed by atoms with Gasteiger partial charge < -0.3 is 69.1 Å². The van der Waals surface area contributed by atoms with E-state index >= 15 is 0 Å². The van der Waals surface area contributed by atoms with Crippen molar-refractivity contribution in [3.05, 3.63) is 0 Å². The van der Waals surface area contributed by atoms with Crippen LogP contribution in [0.2, 0.25) is 0 Å². The molecular formula is C29H49N9O13. The Balaban J connectivity index is 3.06. The molecule has 8 atom stereocenters. The van der Waals surface area contributed by atoms with E-state index in [-0.39, 0.29) is 19.4 Å². The Morgan fingerprint density at radius 3 is 1.96 bits per heavy atom. The molecular weight excluding hydrogens is 682 g/mol. The fraction of sp³-hybridized carbons (Fsp3) is 0.690. The van der Waals surface area contributed by atoms with Crippen molar-refractivity contribution in [2.24, 2.45) is 17.2 Å². The van der Waals surface area contributed by atoms with Gasteiger partial charge in [-0.3, -0.25) is 38.4 Å². The zero-order chi connectivity index (χ0) is 39.0. The van der Waals surface area contributed by atoms with Gasteiger partial charge in [0.25, 0.3) is 0 Å². The summed E-state index contributed by atoms with van der Waals surface area (Å²) in [7, 11) is 0. The molecule has 22 nitrogen and oxygen atoms in total. The first kappa shape index (κ1) is 44.1. The number of nitrogens with two attached hydrogens (primary N) is 3. The van der Waals surface area contributed by atoms with Crippen molar-refractivity contribution in [3.8, 4) is 0 Å². The third kappa shape index (κ3) is 14.8. The molecule has 15 N–H and O–H groups in total. The monoisotopic (exact) mass is 731 g/mol. The van der Waals surface area contributed by atoms with E-state index in [9.17, 15) is 58.5 Å². The molecule has 1 fully saturated rings. The molecule has 1 saturated heterocycles. The van der Waals surface area contributed by atoms with Crippen LogP contribution >= 0.6 is 0 Å². The SMILES string of the molecule is C[C@H](O)[C@@H](N)C(=O)N[C@H](CCCCN)C(=O)N1CCC[C@@H]1C(=O)N[C@@H](C(=O)N[C@H](CC(=O)O)C(=O)NCC(=O)N[C@H](CC(N)=O)C(=O)O)[C@H](C)O. The number of rotatable bonds is 22. The fourth-order valence-electron chi connectivity index (χ4n) is 4.98. The Hall–Kier alpha value is -4.93. The number of hydrogen-bond donors (Lipinski definition) is 12. The maximum absolute atomic E-state index is 13.6. The van der Waals surface area contributed by atoms with Gasteiger partial charge in [-0.1, -0.05) is 0 Å². The Bertz CT molecular complexity index is 1300. The van der Waals surface area contributed by atoms with Gasteiger partial charge in [-0.15, -0.1) is 0 Å². The number of aliphatic carboxylic acids is 2. The van der Waals surface area contributed by atoms with Crippen molar-refractivity contribution in [2.75, 3.05) is 19.6 Å². The third-order valence-corrected chi connectivity index (χ3v) is 7.76. The topological polar surface area (TPSA) is 376 Å². The van der Waals surface area contributed by atoms with Crippen LogP contribution in [-0.4, -0.2) is 147 Å². The highest BCUT2D eigenvalue weighted by Gasteiger charge is 2.40. The van der Waals surface area contributed by atoms with E-state index < -0.39 is 121 Å². The quantitative estimate of drug-likeness (QED) is 0.0461. The molecule has 0 aromatic heterocycles. The lowest BCUT2D eigenvalue weighted by atomic mass is 10.0. The van der Waals surface area contributed by atoms with Gasteiger partial charge in [0.05, 0.1) is 31.6 Å². The summed E-state index contributed by atoms with van der Waals surface area (Å²) in [4.78, 5) is 113. The number of nitrogens with zero attached hydrogens (tertiary/aromatic N) is 1. The molecule has 1 heterocycles. The maximum atomic E-state index is 13.6. The van der Waals surface area contributed by atoms with Gasteiger partial charge >= 0.3 is 11.9 Å². The number of amides is 7. The lowest BCUT2D eigenvalue weighted by Crippen LogP contribution is -2.61. The molecule has 22 heteroatoms. The predicted molar refractivity (Wildman–Crippen MR) is 173 cm³/mol. The number of aliphatic hydroxyl groups is 2. The summed E-state index contributed by atoms with van der Waals surface area (Å²) in [5.74, 6) is -10.00. The molecule has 1 aliphatic rings. The van der Waals surface area contributed by atoms with Crippen LogP contribution in [0.1, 0.15) is 58.8 Å². The number of unbranched alkanes of at least 4 members (excludes halogenated alkanes) is 1. The number of carboxylic acid groups (broad SMARTS) is 2. The van der Waals surface area contributed by atoms with Crippen LogP contribution in [-0.2, 0) is 43.2 Å². The van der Waals surface area contributed by atoms with Crippen molar-refractivity contribution in [1.29, 1.82) is 0 Å². The lowest BCUT2D eigenvalue weighted by molar-refractivity contribution is -0.144. The Labute approximate surface area is 292 Å². The molecule has 1 aliphatic heterocycles. The van der Waals surface area contributed by atoms with Crippen LogP contribution in [0.25, 0.3) is 0 Å². The van der Waals surface area contributed by atoms with Crippen molar-refractivity contribution in [1.82, 2.24) is 31.5 Å². The second kappa shape index (κ2) is 21.3. The zero-order valence-corrected chi connectivity index (χ0v) is 28.3. The highest BCUT2D eigenvalue weighted by Crippen LogP contribution is 2.20. The van der Waals surface area contributed by atoms with Gasteiger partial charge in [0, 0.05) is 6.54 Å². The van der Waals surface area contributed by atoms with Crippen LogP contribution in [0.3, 0.4) is 0 Å². The molecule has 0 unspecified atom stereocenters. The van der Waals surface area contributed by atoms with Gasteiger partial charge in [-0.05, 0) is 52.5 Å². The van der Waals surface area contributed by atoms with Gasteiger partial charge in [-0.2, -0.15) is 0 Å². The standard InChI is InChI=1S/C29H49N9O13/c1-13(39)22(32)26(47)35-15(6-3-4-8-30)28(49)38-9-5-7-18(38)25(46)37-23(14(2)40)27(48)36-16(11-21(43)44)24(45)33-12-20(42)34-17(29(50)51)10-19(31)41/h13-18,22-23,39-40H,3-12,30,32H2,1-2H3,(H2,31,41)(H,33,45)(H,34,42)(H,35,47)(H,36,48)(H,37,46)(H,43,44)(H,50,51)/t13-,14-,15+,16+,17+,18+,22+,23+/m0/s1. The predicted octanol–water partition coefficient (Wildman–Crippen LogP) is -6.31. The van der Waals surface area contributed by atoms with Crippen LogP contribution in [0.15, 0.2) is 0 Å². The van der Waals surface area contributed by atoms with Gasteiger partial charge in [0.15, 0.2) is 0 Å². The molecule has 0 aromatic carbocycles. The summed E-state index contributed by atoms with van der Waals surface area (Å²) >= 11 is 0. The summed E-state index contributed by atoms with van der Waals surface area (Å²) in [6, 6.07) is -8.95. The molecule has 0 bridgehead atoms. The molecule has 0 saturated carbocycles. The summed E-state index contributed by atoms with van der Waals surface area (Å²) in [6.07, 6.45) is -3.01. The van der Waals surface area contributed by atoms with E-state index in [0.29, 0.717) is 25.8 Å². The first-order valence-electron chi connectivity index (χ1n) is 16.1. The molecule has 0 radical (unpaired) electrons. The zero-order valence-electron chi connectivity index (χ0n) is 28.3. The molecule has 1 rings (SSSR count). The molecule has 0 aliphatic carbocycles. The van der Waals surface area contributed by atoms with E-state index in [0.717, 1.165) is 6.92 Å². The second-order valence-corrected chi connectivity index (χ2v) is 12.0. The van der Waals surface area contributed by atoms with Gasteiger partial charge in [0.1, 0.15) is 36.3 Å². The van der Waals surface area contributed by atoms with Crippen LogP contribution in [0.5, 0.6) is 0 Å². The normalized spacial score (nSPS) is 18.1. The van der Waals surface area contributed by atoms with E-state index in [4.69, 9.17) is 22.3 Å². The largest absolute Gasteiger partial charge is 0.481 e. The van der Waals surface area contributed by atoms with Crippen LogP contribution in [0.4, 0.5) is 0 Å². The number of aliphatic hydroxyl groups excluding tert-OH is 2. The fourth-order valence-corrected chi connectivity index (χ4v) is 4.98.